The molecule has 6 heteroatoms. The molecule has 0 aliphatic carbocycles. The van der Waals surface area contributed by atoms with Crippen LogP contribution in [0.15, 0.2) is 47.4 Å². The van der Waals surface area contributed by atoms with Gasteiger partial charge in [-0.05, 0) is 56.8 Å². The van der Waals surface area contributed by atoms with Crippen molar-refractivity contribution < 1.29 is 8.42 Å². The van der Waals surface area contributed by atoms with Crippen molar-refractivity contribution in [2.24, 2.45) is 0 Å². The second-order valence-corrected chi connectivity index (χ2v) is 9.04. The number of nitriles is 1. The highest BCUT2D eigenvalue weighted by Crippen LogP contribution is 2.47. The average molecular weight is 367 g/mol. The van der Waals surface area contributed by atoms with E-state index in [2.05, 4.69) is 18.0 Å². The van der Waals surface area contributed by atoms with Gasteiger partial charge in [-0.25, -0.2) is 8.42 Å². The number of nitrogens with zero attached hydrogens (tertiary/aromatic N) is 3. The van der Waals surface area contributed by atoms with Crippen LogP contribution in [0, 0.1) is 18.3 Å². The van der Waals surface area contributed by atoms with E-state index in [0.29, 0.717) is 5.56 Å². The molecule has 4 rings (SSSR count). The zero-order valence-corrected chi connectivity index (χ0v) is 15.7. The Morgan fingerprint density at radius 3 is 2.77 bits per heavy atom. The maximum Gasteiger partial charge on any atom is 0.264 e. The monoisotopic (exact) mass is 367 g/mol. The number of anilines is 1. The fourth-order valence-corrected chi connectivity index (χ4v) is 5.97. The maximum absolute atomic E-state index is 13.5. The van der Waals surface area contributed by atoms with Crippen LogP contribution in [0.1, 0.15) is 29.0 Å². The number of aryl methyl sites for hydroxylation is 1. The summed E-state index contributed by atoms with van der Waals surface area (Å²) in [5, 5.41) is 9.13. The van der Waals surface area contributed by atoms with Crippen LogP contribution < -0.4 is 4.31 Å². The van der Waals surface area contributed by atoms with Gasteiger partial charge in [-0.3, -0.25) is 4.31 Å². The van der Waals surface area contributed by atoms with E-state index in [1.54, 1.807) is 22.5 Å². The number of rotatable bonds is 2. The predicted octanol–water partition coefficient (Wildman–Crippen LogP) is 2.86. The number of fused-ring (bicyclic) bond motifs is 3. The van der Waals surface area contributed by atoms with Gasteiger partial charge in [-0.1, -0.05) is 23.8 Å². The van der Waals surface area contributed by atoms with Gasteiger partial charge in [0.2, 0.25) is 0 Å². The highest BCUT2D eigenvalue weighted by molar-refractivity contribution is 7.92. The molecule has 26 heavy (non-hydrogen) atoms. The van der Waals surface area contributed by atoms with Crippen molar-refractivity contribution in [2.45, 2.75) is 30.2 Å². The van der Waals surface area contributed by atoms with Crippen molar-refractivity contribution in [1.82, 2.24) is 4.90 Å². The zero-order chi connectivity index (χ0) is 18.5. The van der Waals surface area contributed by atoms with E-state index in [1.165, 1.54) is 6.07 Å². The molecule has 1 saturated heterocycles. The maximum atomic E-state index is 13.5. The quantitative estimate of drug-likeness (QED) is 0.819. The normalized spacial score (nSPS) is 22.6. The number of likely N-dealkylation sites (N-methyl/N-ethyl adjacent to an activating group) is 1. The molecule has 2 atom stereocenters. The van der Waals surface area contributed by atoms with E-state index >= 15 is 0 Å². The Kier molecular flexibility index (Phi) is 4.02. The second-order valence-electron chi connectivity index (χ2n) is 7.23. The van der Waals surface area contributed by atoms with Crippen LogP contribution >= 0.6 is 0 Å². The van der Waals surface area contributed by atoms with Crippen LogP contribution in [0.25, 0.3) is 0 Å². The van der Waals surface area contributed by atoms with E-state index in [9.17, 15) is 8.42 Å². The first kappa shape index (κ1) is 17.1. The Morgan fingerprint density at radius 2 is 2.00 bits per heavy atom. The third-order valence-corrected chi connectivity index (χ3v) is 7.26. The van der Waals surface area contributed by atoms with E-state index in [-0.39, 0.29) is 16.9 Å². The van der Waals surface area contributed by atoms with E-state index in [0.717, 1.165) is 36.3 Å². The highest BCUT2D eigenvalue weighted by atomic mass is 32.2. The summed E-state index contributed by atoms with van der Waals surface area (Å²) in [7, 11) is -1.64. The van der Waals surface area contributed by atoms with Crippen molar-refractivity contribution in [1.29, 1.82) is 5.26 Å². The molecule has 0 N–H and O–H groups in total. The number of likely N-dealkylation sites (tertiary alicyclic amines) is 1. The molecule has 2 aliphatic heterocycles. The molecule has 2 aromatic carbocycles. The molecule has 2 aromatic rings. The second kappa shape index (κ2) is 6.11. The minimum atomic E-state index is -3.72. The molecule has 0 saturated carbocycles. The molecule has 134 valence electrons. The smallest absolute Gasteiger partial charge is 0.264 e. The SMILES string of the molecule is Cc1ccc2c(c1)[C@@H]1CN(C)CC[C@@H]1N2S(=O)(=O)c1cccc(C#N)c1. The first-order valence-electron chi connectivity index (χ1n) is 8.75. The summed E-state index contributed by atoms with van der Waals surface area (Å²) in [6.45, 7) is 3.76. The molecule has 0 amide bonds. The van der Waals surface area contributed by atoms with E-state index in [1.807, 2.05) is 25.1 Å². The van der Waals surface area contributed by atoms with E-state index < -0.39 is 10.0 Å². The largest absolute Gasteiger partial charge is 0.306 e. The van der Waals surface area contributed by atoms with Gasteiger partial charge in [0.05, 0.1) is 28.3 Å². The molecule has 0 unspecified atom stereocenters. The molecule has 2 heterocycles. The Bertz CT molecular complexity index is 1010. The lowest BCUT2D eigenvalue weighted by atomic mass is 9.89. The van der Waals surface area contributed by atoms with Gasteiger partial charge in [0.1, 0.15) is 0 Å². The van der Waals surface area contributed by atoms with Crippen LogP contribution in [-0.4, -0.2) is 39.5 Å². The van der Waals surface area contributed by atoms with Crippen molar-refractivity contribution in [2.75, 3.05) is 24.4 Å². The zero-order valence-electron chi connectivity index (χ0n) is 14.9. The van der Waals surface area contributed by atoms with Gasteiger partial charge in [0, 0.05) is 12.5 Å². The Morgan fingerprint density at radius 1 is 1.19 bits per heavy atom. The lowest BCUT2D eigenvalue weighted by Crippen LogP contribution is -2.47. The third-order valence-electron chi connectivity index (χ3n) is 5.42. The summed E-state index contributed by atoms with van der Waals surface area (Å²) in [5.41, 5.74) is 3.39. The summed E-state index contributed by atoms with van der Waals surface area (Å²) in [4.78, 5) is 2.45. The van der Waals surface area contributed by atoms with Gasteiger partial charge in [-0.15, -0.1) is 0 Å². The minimum Gasteiger partial charge on any atom is -0.306 e. The minimum absolute atomic E-state index is 0.0706. The lowest BCUT2D eigenvalue weighted by molar-refractivity contribution is 0.237. The third kappa shape index (κ3) is 2.59. The summed E-state index contributed by atoms with van der Waals surface area (Å²) in [5.74, 6) is 0.178. The van der Waals surface area contributed by atoms with Crippen LogP contribution in [0.4, 0.5) is 5.69 Å². The molecular formula is C20H21N3O2S. The number of hydrogen-bond acceptors (Lipinski definition) is 4. The standard InChI is InChI=1S/C20H21N3O2S/c1-14-6-7-19-17(10-14)18-13-22(2)9-8-20(18)23(19)26(24,25)16-5-3-4-15(11-16)12-21/h3-7,10-11,18,20H,8-9,13H2,1-2H3/t18-,20-/m0/s1. The summed E-state index contributed by atoms with van der Waals surface area (Å²) >= 11 is 0. The number of piperidine rings is 1. The van der Waals surface area contributed by atoms with Crippen molar-refractivity contribution in [3.63, 3.8) is 0 Å². The fourth-order valence-electron chi connectivity index (χ4n) is 4.19. The Hall–Kier alpha value is -2.36. The fraction of sp³-hybridized carbons (Fsp3) is 0.350. The van der Waals surface area contributed by atoms with Crippen LogP contribution in [0.5, 0.6) is 0 Å². The summed E-state index contributed by atoms with van der Waals surface area (Å²) in [6.07, 6.45) is 0.798. The number of sulfonamides is 1. The van der Waals surface area contributed by atoms with Crippen LogP contribution in [-0.2, 0) is 10.0 Å². The topological polar surface area (TPSA) is 64.4 Å². The van der Waals surface area contributed by atoms with Gasteiger partial charge >= 0.3 is 0 Å². The molecule has 2 aliphatic rings. The average Bonchev–Trinajstić information content (AvgIpc) is 2.95. The number of hydrogen-bond donors (Lipinski definition) is 0. The summed E-state index contributed by atoms with van der Waals surface area (Å²) < 4.78 is 28.6. The molecule has 1 fully saturated rings. The Balaban J connectivity index is 1.86. The van der Waals surface area contributed by atoms with Crippen molar-refractivity contribution in [3.05, 3.63) is 59.2 Å². The van der Waals surface area contributed by atoms with Crippen molar-refractivity contribution >= 4 is 15.7 Å². The molecule has 0 radical (unpaired) electrons. The van der Waals surface area contributed by atoms with E-state index in [4.69, 9.17) is 5.26 Å². The molecule has 0 aromatic heterocycles. The van der Waals surface area contributed by atoms with Crippen molar-refractivity contribution in [3.8, 4) is 6.07 Å². The Labute approximate surface area is 154 Å². The molecule has 0 bridgehead atoms. The summed E-state index contributed by atoms with van der Waals surface area (Å²) in [6, 6.07) is 14.3. The van der Waals surface area contributed by atoms with Gasteiger partial charge < -0.3 is 4.90 Å². The first-order chi connectivity index (χ1) is 12.4. The molecule has 0 spiro atoms. The molecule has 5 nitrogen and oxygen atoms in total. The van der Waals surface area contributed by atoms with Crippen LogP contribution in [0.2, 0.25) is 0 Å². The molecular weight excluding hydrogens is 346 g/mol. The van der Waals surface area contributed by atoms with Crippen LogP contribution in [0.3, 0.4) is 0 Å². The first-order valence-corrected chi connectivity index (χ1v) is 10.2. The predicted molar refractivity (Wildman–Crippen MR) is 101 cm³/mol. The highest BCUT2D eigenvalue weighted by Gasteiger charge is 2.46. The number of benzene rings is 2. The van der Waals surface area contributed by atoms with Gasteiger partial charge in [-0.2, -0.15) is 5.26 Å². The lowest BCUT2D eigenvalue weighted by Gasteiger charge is -2.36. The van der Waals surface area contributed by atoms with Gasteiger partial charge in [0.15, 0.2) is 0 Å². The van der Waals surface area contributed by atoms with Gasteiger partial charge in [0.25, 0.3) is 10.0 Å².